The lowest BCUT2D eigenvalue weighted by Gasteiger charge is -2.15. The molecular formula is C17H27ClN4O3. The number of carbonyl (C=O) groups is 3. The summed E-state index contributed by atoms with van der Waals surface area (Å²) in [6.07, 6.45) is 0.658. The van der Waals surface area contributed by atoms with E-state index in [4.69, 9.17) is 5.73 Å². The van der Waals surface area contributed by atoms with E-state index in [0.717, 1.165) is 11.3 Å². The van der Waals surface area contributed by atoms with E-state index < -0.39 is 6.04 Å². The second kappa shape index (κ2) is 11.4. The topological polar surface area (TPSA) is 113 Å². The van der Waals surface area contributed by atoms with Gasteiger partial charge in [0.15, 0.2) is 0 Å². The summed E-state index contributed by atoms with van der Waals surface area (Å²) in [4.78, 5) is 34.3. The molecule has 0 heterocycles. The van der Waals surface area contributed by atoms with Crippen molar-refractivity contribution >= 4 is 35.8 Å². The number of rotatable bonds is 8. The SMILES string of the molecule is CC(=O)Nc1ccc(CCNC(=O)CNC(=O)[C@@H](N)C(C)C)cc1.Cl. The fraction of sp³-hybridized carbons (Fsp3) is 0.471. The van der Waals surface area contributed by atoms with Crippen molar-refractivity contribution in [3.05, 3.63) is 29.8 Å². The molecule has 1 aromatic rings. The Morgan fingerprint density at radius 2 is 1.68 bits per heavy atom. The van der Waals surface area contributed by atoms with Gasteiger partial charge in [0.25, 0.3) is 0 Å². The molecule has 0 aliphatic carbocycles. The Morgan fingerprint density at radius 3 is 2.20 bits per heavy atom. The molecule has 7 nitrogen and oxygen atoms in total. The molecule has 0 unspecified atom stereocenters. The highest BCUT2D eigenvalue weighted by atomic mass is 35.5. The molecule has 3 amide bonds. The number of carbonyl (C=O) groups excluding carboxylic acids is 3. The highest BCUT2D eigenvalue weighted by molar-refractivity contribution is 5.88. The minimum Gasteiger partial charge on any atom is -0.354 e. The van der Waals surface area contributed by atoms with E-state index >= 15 is 0 Å². The minimum absolute atomic E-state index is 0. The first kappa shape index (κ1) is 22.9. The molecule has 0 saturated carbocycles. The molecule has 8 heteroatoms. The fourth-order valence-electron chi connectivity index (χ4n) is 1.95. The molecule has 0 aliphatic heterocycles. The standard InChI is InChI=1S/C17H26N4O3.ClH/c1-11(2)16(18)17(24)20-10-15(23)19-9-8-13-4-6-14(7-5-13)21-12(3)22;/h4-7,11,16H,8-10,18H2,1-3H3,(H,19,23)(H,20,24)(H,21,22);1H/t16-;/m0./s1. The van der Waals surface area contributed by atoms with E-state index in [9.17, 15) is 14.4 Å². The average molecular weight is 371 g/mol. The van der Waals surface area contributed by atoms with E-state index in [1.807, 2.05) is 38.1 Å². The number of amides is 3. The van der Waals surface area contributed by atoms with Crippen LogP contribution < -0.4 is 21.7 Å². The minimum atomic E-state index is -0.611. The van der Waals surface area contributed by atoms with Crippen LogP contribution in [0.25, 0.3) is 0 Å². The average Bonchev–Trinajstić information content (AvgIpc) is 2.52. The van der Waals surface area contributed by atoms with Crippen molar-refractivity contribution < 1.29 is 14.4 Å². The van der Waals surface area contributed by atoms with Crippen LogP contribution in [0.15, 0.2) is 24.3 Å². The van der Waals surface area contributed by atoms with Crippen LogP contribution in [-0.4, -0.2) is 36.9 Å². The van der Waals surface area contributed by atoms with Gasteiger partial charge < -0.3 is 21.7 Å². The second-order valence-electron chi connectivity index (χ2n) is 5.97. The summed E-state index contributed by atoms with van der Waals surface area (Å²) in [6, 6.07) is 6.79. The summed E-state index contributed by atoms with van der Waals surface area (Å²) in [7, 11) is 0. The molecule has 0 aromatic heterocycles. The third-order valence-corrected chi connectivity index (χ3v) is 3.45. The zero-order chi connectivity index (χ0) is 18.1. The predicted molar refractivity (Wildman–Crippen MR) is 101 cm³/mol. The zero-order valence-corrected chi connectivity index (χ0v) is 15.6. The van der Waals surface area contributed by atoms with Crippen LogP contribution in [0.1, 0.15) is 26.3 Å². The highest BCUT2D eigenvalue weighted by Crippen LogP contribution is 2.09. The molecule has 1 rings (SSSR count). The van der Waals surface area contributed by atoms with Gasteiger partial charge in [-0.1, -0.05) is 26.0 Å². The zero-order valence-electron chi connectivity index (χ0n) is 14.8. The summed E-state index contributed by atoms with van der Waals surface area (Å²) in [5, 5.41) is 7.95. The number of benzene rings is 1. The van der Waals surface area contributed by atoms with Crippen LogP contribution in [0.4, 0.5) is 5.69 Å². The second-order valence-corrected chi connectivity index (χ2v) is 5.97. The number of hydrogen-bond acceptors (Lipinski definition) is 4. The summed E-state index contributed by atoms with van der Waals surface area (Å²) < 4.78 is 0. The summed E-state index contributed by atoms with van der Waals surface area (Å²) >= 11 is 0. The van der Waals surface area contributed by atoms with Gasteiger partial charge in [-0.25, -0.2) is 0 Å². The Kier molecular flexibility index (Phi) is 10.5. The fourth-order valence-corrected chi connectivity index (χ4v) is 1.95. The predicted octanol–water partition coefficient (Wildman–Crippen LogP) is 0.825. The Bertz CT molecular complexity index is 576. The molecule has 0 bridgehead atoms. The van der Waals surface area contributed by atoms with Crippen LogP contribution in [0.5, 0.6) is 0 Å². The molecule has 0 aliphatic rings. The first-order valence-electron chi connectivity index (χ1n) is 7.96. The molecular weight excluding hydrogens is 344 g/mol. The number of hydrogen-bond donors (Lipinski definition) is 4. The quantitative estimate of drug-likeness (QED) is 0.542. The molecule has 1 atom stereocenters. The van der Waals surface area contributed by atoms with Gasteiger partial charge in [0, 0.05) is 19.2 Å². The maximum atomic E-state index is 11.7. The third kappa shape index (κ3) is 9.07. The lowest BCUT2D eigenvalue weighted by Crippen LogP contribution is -2.47. The molecule has 1 aromatic carbocycles. The van der Waals surface area contributed by atoms with E-state index in [-0.39, 0.29) is 42.6 Å². The largest absolute Gasteiger partial charge is 0.354 e. The van der Waals surface area contributed by atoms with Crippen molar-refractivity contribution in [1.29, 1.82) is 0 Å². The van der Waals surface area contributed by atoms with Crippen molar-refractivity contribution in [2.45, 2.75) is 33.2 Å². The Hall–Kier alpha value is -2.12. The van der Waals surface area contributed by atoms with Gasteiger partial charge in [-0.15, -0.1) is 12.4 Å². The van der Waals surface area contributed by atoms with Crippen LogP contribution in [-0.2, 0) is 20.8 Å². The highest BCUT2D eigenvalue weighted by Gasteiger charge is 2.17. The Balaban J connectivity index is 0.00000576. The van der Waals surface area contributed by atoms with Gasteiger partial charge in [0.2, 0.25) is 17.7 Å². The normalized spacial score (nSPS) is 11.2. The molecule has 0 saturated heterocycles. The van der Waals surface area contributed by atoms with Crippen LogP contribution in [0.2, 0.25) is 0 Å². The van der Waals surface area contributed by atoms with Gasteiger partial charge in [0.1, 0.15) is 0 Å². The first-order valence-corrected chi connectivity index (χ1v) is 7.96. The Morgan fingerprint density at radius 1 is 1.08 bits per heavy atom. The third-order valence-electron chi connectivity index (χ3n) is 3.45. The Labute approximate surface area is 154 Å². The van der Waals surface area contributed by atoms with Crippen LogP contribution in [0, 0.1) is 5.92 Å². The van der Waals surface area contributed by atoms with Gasteiger partial charge >= 0.3 is 0 Å². The van der Waals surface area contributed by atoms with Gasteiger partial charge in [0.05, 0.1) is 12.6 Å². The van der Waals surface area contributed by atoms with Crippen molar-refractivity contribution in [2.24, 2.45) is 11.7 Å². The summed E-state index contributed by atoms with van der Waals surface area (Å²) in [6.45, 7) is 5.53. The summed E-state index contributed by atoms with van der Waals surface area (Å²) in [5.41, 5.74) is 7.47. The van der Waals surface area contributed by atoms with Gasteiger partial charge in [-0.2, -0.15) is 0 Å². The van der Waals surface area contributed by atoms with Crippen molar-refractivity contribution in [2.75, 3.05) is 18.4 Å². The van der Waals surface area contributed by atoms with Crippen LogP contribution in [0.3, 0.4) is 0 Å². The number of nitrogens with two attached hydrogens (primary N) is 1. The monoisotopic (exact) mass is 370 g/mol. The smallest absolute Gasteiger partial charge is 0.239 e. The summed E-state index contributed by atoms with van der Waals surface area (Å²) in [5.74, 6) is -0.675. The van der Waals surface area contributed by atoms with E-state index in [0.29, 0.717) is 13.0 Å². The first-order chi connectivity index (χ1) is 11.3. The molecule has 0 spiro atoms. The van der Waals surface area contributed by atoms with E-state index in [1.165, 1.54) is 6.92 Å². The molecule has 25 heavy (non-hydrogen) atoms. The number of nitrogens with one attached hydrogen (secondary N) is 3. The molecule has 5 N–H and O–H groups in total. The molecule has 0 radical (unpaired) electrons. The van der Waals surface area contributed by atoms with Crippen molar-refractivity contribution in [3.8, 4) is 0 Å². The van der Waals surface area contributed by atoms with E-state index in [2.05, 4.69) is 16.0 Å². The van der Waals surface area contributed by atoms with E-state index in [1.54, 1.807) is 0 Å². The number of halogens is 1. The van der Waals surface area contributed by atoms with Crippen molar-refractivity contribution in [1.82, 2.24) is 10.6 Å². The molecule has 0 fully saturated rings. The van der Waals surface area contributed by atoms with Gasteiger partial charge in [-0.3, -0.25) is 14.4 Å². The van der Waals surface area contributed by atoms with Crippen LogP contribution >= 0.6 is 12.4 Å². The lowest BCUT2D eigenvalue weighted by atomic mass is 10.1. The lowest BCUT2D eigenvalue weighted by molar-refractivity contribution is -0.127. The molecule has 140 valence electrons. The maximum Gasteiger partial charge on any atom is 0.239 e. The maximum absolute atomic E-state index is 11.7. The van der Waals surface area contributed by atoms with Gasteiger partial charge in [-0.05, 0) is 30.0 Å². The van der Waals surface area contributed by atoms with Crippen molar-refractivity contribution in [3.63, 3.8) is 0 Å². The number of anilines is 1.